The number of methoxy groups -OCH3 is 2. The van der Waals surface area contributed by atoms with Gasteiger partial charge in [0.15, 0.2) is 0 Å². The monoisotopic (exact) mass is 361 g/mol. The maximum absolute atomic E-state index is 12.8. The van der Waals surface area contributed by atoms with Gasteiger partial charge in [-0.1, -0.05) is 0 Å². The number of piperidine rings is 2. The third kappa shape index (κ3) is 4.74. The van der Waals surface area contributed by atoms with E-state index in [9.17, 15) is 4.79 Å². The molecule has 2 fully saturated rings. The maximum Gasteiger partial charge on any atom is 0.255 e. The van der Waals surface area contributed by atoms with E-state index in [-0.39, 0.29) is 5.91 Å². The summed E-state index contributed by atoms with van der Waals surface area (Å²) in [5.74, 6) is 2.14. The van der Waals surface area contributed by atoms with Crippen LogP contribution in [0.3, 0.4) is 0 Å². The number of hydrogen-bond donors (Lipinski definition) is 0. The molecule has 0 saturated carbocycles. The third-order valence-electron chi connectivity index (χ3n) is 5.54. The normalized spacial score (nSPS) is 21.8. The molecule has 0 N–H and O–H groups in total. The van der Waals surface area contributed by atoms with E-state index in [1.165, 1.54) is 0 Å². The predicted molar refractivity (Wildman–Crippen MR) is 102 cm³/mol. The van der Waals surface area contributed by atoms with E-state index in [0.29, 0.717) is 17.4 Å². The van der Waals surface area contributed by atoms with Gasteiger partial charge in [0.1, 0.15) is 5.82 Å². The molecule has 2 aliphatic heterocycles. The summed E-state index contributed by atoms with van der Waals surface area (Å²) < 4.78 is 10.5. The molecular formula is C20H31N3O3. The quantitative estimate of drug-likeness (QED) is 0.779. The molecule has 0 bridgehead atoms. The van der Waals surface area contributed by atoms with Gasteiger partial charge in [-0.2, -0.15) is 0 Å². The zero-order valence-electron chi connectivity index (χ0n) is 16.0. The first kappa shape index (κ1) is 19.1. The Bertz CT molecular complexity index is 568. The fourth-order valence-electron chi connectivity index (χ4n) is 4.07. The largest absolute Gasteiger partial charge is 0.384 e. The van der Waals surface area contributed by atoms with Crippen molar-refractivity contribution in [3.63, 3.8) is 0 Å². The lowest BCUT2D eigenvalue weighted by atomic mass is 9.97. The molecular weight excluding hydrogens is 330 g/mol. The van der Waals surface area contributed by atoms with Gasteiger partial charge in [0.25, 0.3) is 5.91 Å². The molecule has 6 nitrogen and oxygen atoms in total. The molecule has 0 aliphatic carbocycles. The Morgan fingerprint density at radius 3 is 2.46 bits per heavy atom. The average Bonchev–Trinajstić information content (AvgIpc) is 2.69. The van der Waals surface area contributed by atoms with Crippen molar-refractivity contribution in [2.24, 2.45) is 11.8 Å². The highest BCUT2D eigenvalue weighted by Gasteiger charge is 2.25. The lowest BCUT2D eigenvalue weighted by molar-refractivity contribution is 0.0570. The number of rotatable bonds is 6. The van der Waals surface area contributed by atoms with Crippen LogP contribution in [0.4, 0.5) is 5.82 Å². The van der Waals surface area contributed by atoms with E-state index >= 15 is 0 Å². The van der Waals surface area contributed by atoms with Crippen LogP contribution in [0.5, 0.6) is 0 Å². The molecule has 3 rings (SSSR count). The molecule has 0 spiro atoms. The molecule has 6 heteroatoms. The third-order valence-corrected chi connectivity index (χ3v) is 5.54. The van der Waals surface area contributed by atoms with Crippen LogP contribution in [0, 0.1) is 11.8 Å². The molecule has 1 amide bonds. The molecule has 3 heterocycles. The average molecular weight is 361 g/mol. The molecule has 1 aromatic heterocycles. The molecule has 26 heavy (non-hydrogen) atoms. The van der Waals surface area contributed by atoms with Crippen LogP contribution in [0.1, 0.15) is 36.0 Å². The second-order valence-corrected chi connectivity index (χ2v) is 7.51. The highest BCUT2D eigenvalue weighted by Crippen LogP contribution is 2.23. The molecule has 1 aromatic rings. The lowest BCUT2D eigenvalue weighted by Crippen LogP contribution is -2.41. The van der Waals surface area contributed by atoms with Crippen molar-refractivity contribution >= 4 is 11.7 Å². The topological polar surface area (TPSA) is 54.9 Å². The van der Waals surface area contributed by atoms with Crippen molar-refractivity contribution in [2.75, 3.05) is 58.5 Å². The number of carbonyl (C=O) groups excluding carboxylic acids is 1. The van der Waals surface area contributed by atoms with E-state index in [1.807, 2.05) is 17.0 Å². The van der Waals surface area contributed by atoms with Crippen molar-refractivity contribution in [1.82, 2.24) is 9.88 Å². The number of pyridine rings is 1. The van der Waals surface area contributed by atoms with Crippen molar-refractivity contribution in [3.05, 3.63) is 23.9 Å². The summed E-state index contributed by atoms with van der Waals surface area (Å²) >= 11 is 0. The van der Waals surface area contributed by atoms with Crippen molar-refractivity contribution in [3.8, 4) is 0 Å². The lowest BCUT2D eigenvalue weighted by Gasteiger charge is -2.33. The highest BCUT2D eigenvalue weighted by molar-refractivity contribution is 5.94. The predicted octanol–water partition coefficient (Wildman–Crippen LogP) is 2.44. The summed E-state index contributed by atoms with van der Waals surface area (Å²) in [5.41, 5.74) is 0.682. The van der Waals surface area contributed by atoms with Crippen LogP contribution in [0.15, 0.2) is 18.3 Å². The zero-order valence-corrected chi connectivity index (χ0v) is 16.0. The fourth-order valence-corrected chi connectivity index (χ4v) is 4.07. The molecule has 144 valence electrons. The molecule has 2 aliphatic rings. The summed E-state index contributed by atoms with van der Waals surface area (Å²) in [5, 5.41) is 0. The number of ether oxygens (including phenoxy) is 2. The zero-order chi connectivity index (χ0) is 18.4. The summed E-state index contributed by atoms with van der Waals surface area (Å²) in [6.45, 7) is 5.17. The van der Waals surface area contributed by atoms with Gasteiger partial charge in [0.2, 0.25) is 0 Å². The van der Waals surface area contributed by atoms with E-state index in [1.54, 1.807) is 20.4 Å². The number of nitrogens with zero attached hydrogens (tertiary/aromatic N) is 3. The van der Waals surface area contributed by atoms with Gasteiger partial charge in [-0.05, 0) is 49.7 Å². The molecule has 0 radical (unpaired) electrons. The smallest absolute Gasteiger partial charge is 0.255 e. The van der Waals surface area contributed by atoms with Gasteiger partial charge >= 0.3 is 0 Å². The second kappa shape index (κ2) is 9.33. The first-order valence-electron chi connectivity index (χ1n) is 9.69. The molecule has 1 unspecified atom stereocenters. The van der Waals surface area contributed by atoms with Gasteiger partial charge in [-0.15, -0.1) is 0 Å². The Hall–Kier alpha value is -1.66. The van der Waals surface area contributed by atoms with E-state index < -0.39 is 0 Å². The van der Waals surface area contributed by atoms with Crippen LogP contribution in [0.25, 0.3) is 0 Å². The van der Waals surface area contributed by atoms with Gasteiger partial charge < -0.3 is 19.3 Å². The highest BCUT2D eigenvalue weighted by atomic mass is 16.5. The molecule has 2 saturated heterocycles. The number of amides is 1. The Morgan fingerprint density at radius 1 is 1.08 bits per heavy atom. The number of hydrogen-bond acceptors (Lipinski definition) is 5. The van der Waals surface area contributed by atoms with Gasteiger partial charge in [-0.25, -0.2) is 4.98 Å². The number of likely N-dealkylation sites (tertiary alicyclic amines) is 1. The van der Waals surface area contributed by atoms with Crippen molar-refractivity contribution < 1.29 is 14.3 Å². The minimum Gasteiger partial charge on any atom is -0.384 e. The molecule has 0 aromatic carbocycles. The van der Waals surface area contributed by atoms with Crippen LogP contribution in [-0.4, -0.2) is 69.4 Å². The van der Waals surface area contributed by atoms with Crippen LogP contribution in [-0.2, 0) is 9.47 Å². The first-order chi connectivity index (χ1) is 12.7. The summed E-state index contributed by atoms with van der Waals surface area (Å²) in [4.78, 5) is 21.6. The van der Waals surface area contributed by atoms with Gasteiger partial charge in [0, 0.05) is 53.2 Å². The van der Waals surface area contributed by atoms with E-state index in [4.69, 9.17) is 9.47 Å². The molecule has 1 atom stereocenters. The van der Waals surface area contributed by atoms with Gasteiger partial charge in [0.05, 0.1) is 12.2 Å². The van der Waals surface area contributed by atoms with Crippen LogP contribution in [0.2, 0.25) is 0 Å². The van der Waals surface area contributed by atoms with Crippen LogP contribution < -0.4 is 4.90 Å². The number of carbonyl (C=O) groups is 1. The Labute approximate surface area is 156 Å². The Kier molecular flexibility index (Phi) is 6.86. The maximum atomic E-state index is 12.8. The summed E-state index contributed by atoms with van der Waals surface area (Å²) in [7, 11) is 3.49. The number of anilines is 1. The fraction of sp³-hybridized carbons (Fsp3) is 0.700. The SMILES string of the molecule is COCC1CCN(c2ccc(C(=O)N3CCCC(COC)C3)cn2)CC1. The van der Waals surface area contributed by atoms with Crippen LogP contribution >= 0.6 is 0 Å². The standard InChI is InChI=1S/C20H31N3O3/c1-25-14-16-7-10-22(11-8-16)19-6-5-18(12-21-19)20(24)23-9-3-4-17(13-23)15-26-2/h5-6,12,16-17H,3-4,7-11,13-15H2,1-2H3. The minimum atomic E-state index is 0.0867. The van der Waals surface area contributed by atoms with Crippen molar-refractivity contribution in [2.45, 2.75) is 25.7 Å². The Morgan fingerprint density at radius 2 is 1.81 bits per heavy atom. The van der Waals surface area contributed by atoms with Gasteiger partial charge in [-0.3, -0.25) is 4.79 Å². The number of aromatic nitrogens is 1. The minimum absolute atomic E-state index is 0.0867. The summed E-state index contributed by atoms with van der Waals surface area (Å²) in [6, 6.07) is 3.91. The Balaban J connectivity index is 1.56. The second-order valence-electron chi connectivity index (χ2n) is 7.51. The van der Waals surface area contributed by atoms with E-state index in [2.05, 4.69) is 9.88 Å². The van der Waals surface area contributed by atoms with Crippen molar-refractivity contribution in [1.29, 1.82) is 0 Å². The first-order valence-corrected chi connectivity index (χ1v) is 9.69. The summed E-state index contributed by atoms with van der Waals surface area (Å²) in [6.07, 6.45) is 6.17. The van der Waals surface area contributed by atoms with E-state index in [0.717, 1.165) is 70.9 Å².